The zero-order chi connectivity index (χ0) is 32.3. The molecular weight excluding hydrogens is 619 g/mol. The number of nitrogens with zero attached hydrogens (tertiary/aromatic N) is 5. The second kappa shape index (κ2) is 13.1. The zero-order valence-electron chi connectivity index (χ0n) is 24.7. The normalized spacial score (nSPS) is 14.3. The Kier molecular flexibility index (Phi) is 9.21. The number of nitrogens with one attached hydrogen (secondary N) is 1. The maximum atomic E-state index is 13.7. The second-order valence-corrected chi connectivity index (χ2v) is 12.2. The van der Waals surface area contributed by atoms with Gasteiger partial charge in [0.25, 0.3) is 0 Å². The van der Waals surface area contributed by atoms with Crippen molar-refractivity contribution in [2.45, 2.75) is 38.8 Å². The van der Waals surface area contributed by atoms with Crippen LogP contribution in [0.25, 0.3) is 5.69 Å². The van der Waals surface area contributed by atoms with E-state index >= 15 is 0 Å². The van der Waals surface area contributed by atoms with Crippen LogP contribution >= 0.6 is 23.2 Å². The van der Waals surface area contributed by atoms with Crippen LogP contribution in [0, 0.1) is 0 Å². The number of benzene rings is 3. The number of ether oxygens (including phenoxy) is 1. The molecule has 3 aromatic carbocycles. The summed E-state index contributed by atoms with van der Waals surface area (Å²) in [5.74, 6) is -1.83. The van der Waals surface area contributed by atoms with Gasteiger partial charge in [-0.3, -0.25) is 19.3 Å². The van der Waals surface area contributed by atoms with E-state index < -0.39 is 35.3 Å². The number of carbonyl (C=O) groups excluding carboxylic acids is 4. The van der Waals surface area contributed by atoms with Gasteiger partial charge in [0.15, 0.2) is 5.15 Å². The first-order chi connectivity index (χ1) is 21.4. The van der Waals surface area contributed by atoms with Crippen molar-refractivity contribution in [2.24, 2.45) is 0 Å². The van der Waals surface area contributed by atoms with E-state index in [2.05, 4.69) is 15.6 Å². The molecule has 45 heavy (non-hydrogen) atoms. The lowest BCUT2D eigenvalue weighted by molar-refractivity contribution is -0.143. The summed E-state index contributed by atoms with van der Waals surface area (Å²) >= 11 is 12.2. The van der Waals surface area contributed by atoms with E-state index in [1.165, 1.54) is 20.7 Å². The lowest BCUT2D eigenvalue weighted by Gasteiger charge is -2.38. The van der Waals surface area contributed by atoms with E-state index in [-0.39, 0.29) is 24.7 Å². The van der Waals surface area contributed by atoms with Crippen LogP contribution in [0.2, 0.25) is 10.2 Å². The van der Waals surface area contributed by atoms with Crippen molar-refractivity contribution < 1.29 is 23.9 Å². The van der Waals surface area contributed by atoms with Crippen LogP contribution in [0.3, 0.4) is 0 Å². The third-order valence-corrected chi connectivity index (χ3v) is 7.31. The van der Waals surface area contributed by atoms with Gasteiger partial charge in [-0.25, -0.2) is 9.48 Å². The van der Waals surface area contributed by atoms with Gasteiger partial charge in [0, 0.05) is 17.1 Å². The molecule has 1 aromatic heterocycles. The Morgan fingerprint density at radius 3 is 2.29 bits per heavy atom. The third kappa shape index (κ3) is 7.68. The molecule has 0 bridgehead atoms. The molecule has 1 aliphatic heterocycles. The minimum atomic E-state index is -1.01. The van der Waals surface area contributed by atoms with E-state index in [0.29, 0.717) is 27.6 Å². The Labute approximate surface area is 269 Å². The zero-order valence-corrected chi connectivity index (χ0v) is 26.2. The highest BCUT2D eigenvalue weighted by molar-refractivity contribution is 6.31. The minimum absolute atomic E-state index is 0.150. The summed E-state index contributed by atoms with van der Waals surface area (Å²) in [6, 6.07) is 19.3. The van der Waals surface area contributed by atoms with Gasteiger partial charge in [0.1, 0.15) is 24.7 Å². The maximum Gasteiger partial charge on any atom is 0.338 e. The number of esters is 1. The first-order valence-corrected chi connectivity index (χ1v) is 14.8. The van der Waals surface area contributed by atoms with Crippen LogP contribution in [0.15, 0.2) is 79.0 Å². The number of aromatic nitrogens is 3. The molecule has 0 spiro atoms. The SMILES string of the molecule is CC(C)(C)OC(=O)c1ccc(NC(=O)C(Cc2ccccc2)N2CC(=O)N(c3cc(Cl)ccc3-n3cc(Cl)nn3)CC2=O)cc1. The number of hydrogen-bond donors (Lipinski definition) is 1. The van der Waals surface area contributed by atoms with Gasteiger partial charge in [-0.05, 0) is 68.8 Å². The summed E-state index contributed by atoms with van der Waals surface area (Å²) < 4.78 is 6.79. The Morgan fingerprint density at radius 2 is 1.64 bits per heavy atom. The summed E-state index contributed by atoms with van der Waals surface area (Å²) in [5, 5.41) is 11.1. The smallest absolute Gasteiger partial charge is 0.338 e. The fourth-order valence-electron chi connectivity index (χ4n) is 4.84. The summed E-state index contributed by atoms with van der Waals surface area (Å²) in [5.41, 5.74) is 1.69. The molecule has 5 rings (SSSR count). The summed E-state index contributed by atoms with van der Waals surface area (Å²) in [4.78, 5) is 56.1. The van der Waals surface area contributed by atoms with Crippen molar-refractivity contribution in [3.8, 4) is 5.69 Å². The Morgan fingerprint density at radius 1 is 0.933 bits per heavy atom. The average Bonchev–Trinajstić information content (AvgIpc) is 3.42. The average molecular weight is 650 g/mol. The van der Waals surface area contributed by atoms with E-state index in [4.69, 9.17) is 27.9 Å². The number of carbonyl (C=O) groups is 4. The van der Waals surface area contributed by atoms with Crippen LogP contribution in [-0.2, 0) is 25.5 Å². The molecule has 1 atom stereocenters. The van der Waals surface area contributed by atoms with Gasteiger partial charge in [-0.15, -0.1) is 5.10 Å². The van der Waals surface area contributed by atoms with Gasteiger partial charge >= 0.3 is 5.97 Å². The third-order valence-electron chi connectivity index (χ3n) is 6.90. The molecule has 3 amide bonds. The maximum absolute atomic E-state index is 13.7. The number of hydrogen-bond acceptors (Lipinski definition) is 7. The van der Waals surface area contributed by atoms with Gasteiger partial charge in [-0.2, -0.15) is 0 Å². The standard InChI is InChI=1S/C32H30Cl2N6O5/c1-32(2,3)45-31(44)21-9-12-23(13-10-21)35-30(43)26(15-20-7-5-4-6-8-20)39-19-28(41)38(18-29(39)42)25-16-22(33)11-14-24(25)40-17-27(34)36-37-40/h4-14,16-17,26H,15,18-19H2,1-3H3,(H,35,43). The minimum Gasteiger partial charge on any atom is -0.456 e. The van der Waals surface area contributed by atoms with E-state index in [9.17, 15) is 19.2 Å². The number of halogens is 2. The van der Waals surface area contributed by atoms with Crippen molar-refractivity contribution >= 4 is 58.3 Å². The summed E-state index contributed by atoms with van der Waals surface area (Å²) in [6.07, 6.45) is 1.64. The van der Waals surface area contributed by atoms with Crippen LogP contribution < -0.4 is 10.2 Å². The number of rotatable bonds is 8. The molecule has 0 saturated carbocycles. The predicted molar refractivity (Wildman–Crippen MR) is 170 cm³/mol. The molecule has 4 aromatic rings. The molecule has 1 aliphatic rings. The van der Waals surface area contributed by atoms with E-state index in [1.54, 1.807) is 63.2 Å². The predicted octanol–water partition coefficient (Wildman–Crippen LogP) is 4.95. The van der Waals surface area contributed by atoms with Gasteiger partial charge in [0.05, 0.1) is 23.1 Å². The molecule has 1 unspecified atom stereocenters. The molecule has 1 saturated heterocycles. The van der Waals surface area contributed by atoms with Crippen molar-refractivity contribution in [3.63, 3.8) is 0 Å². The van der Waals surface area contributed by atoms with E-state index in [0.717, 1.165) is 5.56 Å². The van der Waals surface area contributed by atoms with Gasteiger partial charge < -0.3 is 15.0 Å². The monoisotopic (exact) mass is 648 g/mol. The first-order valence-electron chi connectivity index (χ1n) is 14.0. The molecule has 13 heteroatoms. The molecule has 11 nitrogen and oxygen atoms in total. The largest absolute Gasteiger partial charge is 0.456 e. The fourth-order valence-corrected chi connectivity index (χ4v) is 5.13. The van der Waals surface area contributed by atoms with Gasteiger partial charge in [-0.1, -0.05) is 58.7 Å². The number of piperazine rings is 1. The summed E-state index contributed by atoms with van der Waals surface area (Å²) in [6.45, 7) is 4.64. The highest BCUT2D eigenvalue weighted by Crippen LogP contribution is 2.30. The summed E-state index contributed by atoms with van der Waals surface area (Å²) in [7, 11) is 0. The molecule has 2 heterocycles. The molecule has 0 aliphatic carbocycles. The molecule has 1 fully saturated rings. The molecule has 232 valence electrons. The fraction of sp³-hybridized carbons (Fsp3) is 0.250. The van der Waals surface area contributed by atoms with Crippen LogP contribution in [0.1, 0.15) is 36.7 Å². The second-order valence-electron chi connectivity index (χ2n) is 11.4. The number of anilines is 2. The van der Waals surface area contributed by atoms with E-state index in [1.807, 2.05) is 30.3 Å². The lowest BCUT2D eigenvalue weighted by Crippen LogP contribution is -2.60. The Bertz CT molecular complexity index is 1740. The van der Waals surface area contributed by atoms with Crippen molar-refractivity contribution in [1.29, 1.82) is 0 Å². The topological polar surface area (TPSA) is 127 Å². The van der Waals surface area contributed by atoms with Crippen LogP contribution in [0.5, 0.6) is 0 Å². The first kappa shape index (κ1) is 31.7. The van der Waals surface area contributed by atoms with Crippen molar-refractivity contribution in [3.05, 3.63) is 100 Å². The molecule has 1 N–H and O–H groups in total. The highest BCUT2D eigenvalue weighted by Gasteiger charge is 2.39. The number of amides is 3. The lowest BCUT2D eigenvalue weighted by atomic mass is 10.0. The van der Waals surface area contributed by atoms with Crippen molar-refractivity contribution in [2.75, 3.05) is 23.3 Å². The van der Waals surface area contributed by atoms with Crippen LogP contribution in [0.4, 0.5) is 11.4 Å². The quantitative estimate of drug-likeness (QED) is 0.268. The molecular formula is C32H30Cl2N6O5. The Hall–Kier alpha value is -4.74. The Balaban J connectivity index is 1.38. The molecule has 0 radical (unpaired) electrons. The van der Waals surface area contributed by atoms with Crippen LogP contribution in [-0.4, -0.2) is 68.3 Å². The highest BCUT2D eigenvalue weighted by atomic mass is 35.5. The van der Waals surface area contributed by atoms with Gasteiger partial charge in [0.2, 0.25) is 17.7 Å². The van der Waals surface area contributed by atoms with Crippen molar-refractivity contribution in [1.82, 2.24) is 19.9 Å².